The van der Waals surface area contributed by atoms with Gasteiger partial charge in [-0.3, -0.25) is 14.4 Å². The third-order valence-corrected chi connectivity index (χ3v) is 6.57. The quantitative estimate of drug-likeness (QED) is 0.473. The summed E-state index contributed by atoms with van der Waals surface area (Å²) < 4.78 is 3.73. The molecule has 9 heteroatoms. The molecule has 4 aromatic rings. The van der Waals surface area contributed by atoms with Crippen LogP contribution < -0.4 is 16.6 Å². The highest BCUT2D eigenvalue weighted by Gasteiger charge is 2.18. The molecule has 0 aliphatic carbocycles. The zero-order chi connectivity index (χ0) is 23.8. The maximum Gasteiger partial charge on any atom is 0.251 e. The molecule has 9 nitrogen and oxygen atoms in total. The molecule has 5 heterocycles. The van der Waals surface area contributed by atoms with Gasteiger partial charge in [0, 0.05) is 61.2 Å². The summed E-state index contributed by atoms with van der Waals surface area (Å²) in [7, 11) is 0. The second kappa shape index (κ2) is 8.90. The number of nitrogens with zero attached hydrogens (tertiary/aromatic N) is 6. The van der Waals surface area contributed by atoms with Gasteiger partial charge >= 0.3 is 0 Å². The summed E-state index contributed by atoms with van der Waals surface area (Å²) >= 11 is 0. The molecular formula is C25H30N8O. The van der Waals surface area contributed by atoms with Crippen molar-refractivity contribution in [2.45, 2.75) is 45.8 Å². The predicted octanol–water partition coefficient (Wildman–Crippen LogP) is 3.19. The lowest BCUT2D eigenvalue weighted by Crippen LogP contribution is -2.33. The van der Waals surface area contributed by atoms with Crippen molar-refractivity contribution >= 4 is 28.2 Å². The van der Waals surface area contributed by atoms with Crippen molar-refractivity contribution in [3.05, 3.63) is 70.5 Å². The number of rotatable bonds is 5. The molecule has 0 saturated carbocycles. The maximum absolute atomic E-state index is 12.3. The fourth-order valence-corrected chi connectivity index (χ4v) is 4.53. The zero-order valence-electron chi connectivity index (χ0n) is 19.8. The number of anilines is 3. The third-order valence-electron chi connectivity index (χ3n) is 6.57. The summed E-state index contributed by atoms with van der Waals surface area (Å²) in [6.07, 6.45) is 4.46. The summed E-state index contributed by atoms with van der Waals surface area (Å²) in [6.45, 7) is 9.32. The second-order valence-corrected chi connectivity index (χ2v) is 9.09. The highest BCUT2D eigenvalue weighted by atomic mass is 16.1. The minimum atomic E-state index is -0.251. The molecule has 0 spiro atoms. The molecule has 1 atom stereocenters. The fourth-order valence-electron chi connectivity index (χ4n) is 4.53. The standard InChI is InChI=1S/C25H30N8O/c1-16(2)31-9-7-19-14-23(30-33(19)11-10-31)29-22-13-18-12-21(28-25(26)20(18)15-27-22)17(3)32-8-5-4-6-24(32)34/h4-6,8,12-17H,7,9-11H2,1-3H3,(H2,26,28)(H,27,29,30). The zero-order valence-corrected chi connectivity index (χ0v) is 19.8. The van der Waals surface area contributed by atoms with Crippen molar-refractivity contribution in [3.63, 3.8) is 0 Å². The van der Waals surface area contributed by atoms with Crippen LogP contribution in [-0.2, 0) is 13.0 Å². The van der Waals surface area contributed by atoms with Gasteiger partial charge in [0.05, 0.1) is 18.3 Å². The number of fused-ring (bicyclic) bond motifs is 2. The van der Waals surface area contributed by atoms with Crippen molar-refractivity contribution in [2.75, 3.05) is 24.1 Å². The van der Waals surface area contributed by atoms with Crippen LogP contribution >= 0.6 is 0 Å². The minimum absolute atomic E-state index is 0.0800. The minimum Gasteiger partial charge on any atom is -0.383 e. The third kappa shape index (κ3) is 4.26. The number of pyridine rings is 3. The first kappa shape index (κ1) is 22.1. The number of nitrogens with one attached hydrogen (secondary N) is 1. The highest BCUT2D eigenvalue weighted by molar-refractivity contribution is 5.92. The van der Waals surface area contributed by atoms with Crippen molar-refractivity contribution < 1.29 is 0 Å². The van der Waals surface area contributed by atoms with Crippen molar-refractivity contribution in [3.8, 4) is 0 Å². The van der Waals surface area contributed by atoms with Crippen molar-refractivity contribution in [1.29, 1.82) is 0 Å². The van der Waals surface area contributed by atoms with Gasteiger partial charge in [0.2, 0.25) is 0 Å². The van der Waals surface area contributed by atoms with Crippen LogP contribution in [0.25, 0.3) is 10.8 Å². The average molecular weight is 459 g/mol. The van der Waals surface area contributed by atoms with Gasteiger partial charge in [-0.25, -0.2) is 9.97 Å². The summed E-state index contributed by atoms with van der Waals surface area (Å²) in [4.78, 5) is 23.8. The molecule has 176 valence electrons. The number of nitrogens with two attached hydrogens (primary N) is 1. The summed E-state index contributed by atoms with van der Waals surface area (Å²) in [5, 5.41) is 9.78. The monoisotopic (exact) mass is 458 g/mol. The summed E-state index contributed by atoms with van der Waals surface area (Å²) in [5.74, 6) is 1.86. The SMILES string of the molecule is CC(C)N1CCc2cc(Nc3cc4cc(C(C)n5ccccc5=O)nc(N)c4cn3)nn2CC1. The molecule has 0 bridgehead atoms. The van der Waals surface area contributed by atoms with Crippen molar-refractivity contribution in [2.24, 2.45) is 0 Å². The van der Waals surface area contributed by atoms with Gasteiger partial charge < -0.3 is 15.6 Å². The number of aromatic nitrogens is 5. The molecule has 5 rings (SSSR count). The molecule has 4 aromatic heterocycles. The van der Waals surface area contributed by atoms with Crippen LogP contribution in [0.1, 0.15) is 38.2 Å². The maximum atomic E-state index is 12.3. The van der Waals surface area contributed by atoms with Gasteiger partial charge in [0.1, 0.15) is 11.6 Å². The Bertz CT molecular complexity index is 1360. The molecule has 1 aliphatic heterocycles. The van der Waals surface area contributed by atoms with Crippen LogP contribution in [-0.4, -0.2) is 48.3 Å². The molecule has 3 N–H and O–H groups in total. The van der Waals surface area contributed by atoms with E-state index >= 15 is 0 Å². The van der Waals surface area contributed by atoms with Gasteiger partial charge in [0.25, 0.3) is 5.56 Å². The molecule has 1 aliphatic rings. The second-order valence-electron chi connectivity index (χ2n) is 9.09. The number of hydrogen-bond acceptors (Lipinski definition) is 7. The lowest BCUT2D eigenvalue weighted by Gasteiger charge is -2.23. The first-order chi connectivity index (χ1) is 16.4. The normalized spacial score (nSPS) is 15.3. The Hall–Kier alpha value is -3.72. The Morgan fingerprint density at radius 1 is 1.06 bits per heavy atom. The molecule has 1 unspecified atom stereocenters. The smallest absolute Gasteiger partial charge is 0.251 e. The Balaban J connectivity index is 1.41. The van der Waals surface area contributed by atoms with E-state index in [9.17, 15) is 4.79 Å². The van der Waals surface area contributed by atoms with Crippen LogP contribution in [0.3, 0.4) is 0 Å². The largest absolute Gasteiger partial charge is 0.383 e. The van der Waals surface area contributed by atoms with Gasteiger partial charge in [0.15, 0.2) is 5.82 Å². The summed E-state index contributed by atoms with van der Waals surface area (Å²) in [6, 6.07) is 11.4. The van der Waals surface area contributed by atoms with Crippen LogP contribution in [0.5, 0.6) is 0 Å². The highest BCUT2D eigenvalue weighted by Crippen LogP contribution is 2.27. The van der Waals surface area contributed by atoms with E-state index in [0.717, 1.165) is 48.3 Å². The van der Waals surface area contributed by atoms with Gasteiger partial charge in [-0.05, 0) is 44.4 Å². The molecule has 0 fully saturated rings. The predicted molar refractivity (Wildman–Crippen MR) is 134 cm³/mol. The van der Waals surface area contributed by atoms with E-state index in [4.69, 9.17) is 10.8 Å². The van der Waals surface area contributed by atoms with Gasteiger partial charge in [-0.1, -0.05) is 6.07 Å². The fraction of sp³-hybridized carbons (Fsp3) is 0.360. The van der Waals surface area contributed by atoms with E-state index in [0.29, 0.717) is 17.7 Å². The van der Waals surface area contributed by atoms with E-state index in [1.807, 2.05) is 25.1 Å². The molecule has 34 heavy (non-hydrogen) atoms. The Kier molecular flexibility index (Phi) is 5.79. The van der Waals surface area contributed by atoms with E-state index in [2.05, 4.69) is 44.8 Å². The topological polar surface area (TPSA) is 107 Å². The van der Waals surface area contributed by atoms with E-state index < -0.39 is 0 Å². The van der Waals surface area contributed by atoms with Crippen molar-refractivity contribution in [1.82, 2.24) is 29.2 Å². The van der Waals surface area contributed by atoms with E-state index in [-0.39, 0.29) is 11.6 Å². The first-order valence-electron chi connectivity index (χ1n) is 11.7. The Labute approximate surface area is 198 Å². The van der Waals surface area contributed by atoms with Crippen LogP contribution in [0.4, 0.5) is 17.5 Å². The Morgan fingerprint density at radius 2 is 1.91 bits per heavy atom. The Morgan fingerprint density at radius 3 is 2.71 bits per heavy atom. The molecule has 0 amide bonds. The lowest BCUT2D eigenvalue weighted by molar-refractivity contribution is 0.225. The van der Waals surface area contributed by atoms with Crippen LogP contribution in [0, 0.1) is 0 Å². The number of nitrogen functional groups attached to an aromatic ring is 1. The molecular weight excluding hydrogens is 428 g/mol. The lowest BCUT2D eigenvalue weighted by atomic mass is 10.1. The molecule has 0 radical (unpaired) electrons. The van der Waals surface area contributed by atoms with Gasteiger partial charge in [-0.15, -0.1) is 0 Å². The average Bonchev–Trinajstić information content (AvgIpc) is 3.08. The van der Waals surface area contributed by atoms with E-state index in [1.165, 1.54) is 5.69 Å². The van der Waals surface area contributed by atoms with Crippen LogP contribution in [0.15, 0.2) is 53.6 Å². The van der Waals surface area contributed by atoms with E-state index in [1.54, 1.807) is 29.1 Å². The molecule has 0 aromatic carbocycles. The number of hydrogen-bond donors (Lipinski definition) is 2. The van der Waals surface area contributed by atoms with Gasteiger partial charge in [-0.2, -0.15) is 5.10 Å². The molecule has 0 saturated heterocycles. The first-order valence-corrected chi connectivity index (χ1v) is 11.7. The van der Waals surface area contributed by atoms with Crippen LogP contribution in [0.2, 0.25) is 0 Å². The summed E-state index contributed by atoms with van der Waals surface area (Å²) in [5.41, 5.74) is 8.12.